The number of amides is 4. The van der Waals surface area contributed by atoms with Crippen molar-refractivity contribution in [3.05, 3.63) is 0 Å². The Kier molecular flexibility index (Phi) is 8.61. The average Bonchev–Trinajstić information content (AvgIpc) is 3.08. The van der Waals surface area contributed by atoms with Gasteiger partial charge in [-0.25, -0.2) is 9.59 Å². The molecule has 4 amide bonds. The molecule has 11 nitrogen and oxygen atoms in total. The van der Waals surface area contributed by atoms with Crippen LogP contribution in [0.5, 0.6) is 0 Å². The van der Waals surface area contributed by atoms with Gasteiger partial charge in [-0.1, -0.05) is 0 Å². The molecule has 0 aromatic carbocycles. The molecule has 0 aromatic rings. The monoisotopic (exact) mass is 428 g/mol. The molecule has 1 aliphatic heterocycles. The van der Waals surface area contributed by atoms with Gasteiger partial charge in [0.15, 0.2) is 0 Å². The van der Waals surface area contributed by atoms with Crippen LogP contribution in [0.1, 0.15) is 54.4 Å². The molecular weight excluding hydrogens is 396 g/mol. The molecule has 4 atom stereocenters. The van der Waals surface area contributed by atoms with Crippen LogP contribution in [0.3, 0.4) is 0 Å². The number of carboxylic acids is 1. The zero-order chi connectivity index (χ0) is 23.2. The van der Waals surface area contributed by atoms with Gasteiger partial charge in [0.1, 0.15) is 29.8 Å². The Hall–Kier alpha value is -2.85. The van der Waals surface area contributed by atoms with Gasteiger partial charge in [0, 0.05) is 6.54 Å². The summed E-state index contributed by atoms with van der Waals surface area (Å²) in [4.78, 5) is 61.2. The lowest BCUT2D eigenvalue weighted by molar-refractivity contribution is -0.149. The van der Waals surface area contributed by atoms with Crippen molar-refractivity contribution < 1.29 is 33.8 Å². The SMILES string of the molecule is C[C@H](NC(=O)OC(C)(C)C)C(=O)N[C@H](C)C(=O)N[C@@H](C)C(=O)N1CCC[C@H]1C(=O)O. The van der Waals surface area contributed by atoms with Gasteiger partial charge in [0.25, 0.3) is 0 Å². The van der Waals surface area contributed by atoms with Gasteiger partial charge in [-0.3, -0.25) is 14.4 Å². The first-order valence-electron chi connectivity index (χ1n) is 9.86. The lowest BCUT2D eigenvalue weighted by atomic mass is 10.2. The Morgan fingerprint density at radius 3 is 1.93 bits per heavy atom. The molecule has 1 heterocycles. The molecular formula is C19H32N4O7. The number of nitrogens with one attached hydrogen (secondary N) is 3. The maximum absolute atomic E-state index is 12.5. The van der Waals surface area contributed by atoms with Crippen molar-refractivity contribution in [3.63, 3.8) is 0 Å². The minimum Gasteiger partial charge on any atom is -0.480 e. The van der Waals surface area contributed by atoms with Crippen LogP contribution in [0.4, 0.5) is 4.79 Å². The molecule has 11 heteroatoms. The van der Waals surface area contributed by atoms with Crippen LogP contribution in [-0.2, 0) is 23.9 Å². The van der Waals surface area contributed by atoms with Gasteiger partial charge in [-0.05, 0) is 54.4 Å². The largest absolute Gasteiger partial charge is 0.480 e. The van der Waals surface area contributed by atoms with E-state index in [0.29, 0.717) is 19.4 Å². The van der Waals surface area contributed by atoms with Crippen molar-refractivity contribution >= 4 is 29.8 Å². The summed E-state index contributed by atoms with van der Waals surface area (Å²) in [5.74, 6) is -2.79. The minimum atomic E-state index is -1.08. The Balaban J connectivity index is 2.55. The van der Waals surface area contributed by atoms with Crippen molar-refractivity contribution in [2.75, 3.05) is 6.54 Å². The highest BCUT2D eigenvalue weighted by atomic mass is 16.6. The third kappa shape index (κ3) is 7.53. The first-order chi connectivity index (χ1) is 13.7. The van der Waals surface area contributed by atoms with Gasteiger partial charge >= 0.3 is 12.1 Å². The number of aliphatic carboxylic acids is 1. The van der Waals surface area contributed by atoms with E-state index in [0.717, 1.165) is 0 Å². The van der Waals surface area contributed by atoms with E-state index >= 15 is 0 Å². The van der Waals surface area contributed by atoms with Crippen molar-refractivity contribution in [2.45, 2.75) is 84.2 Å². The van der Waals surface area contributed by atoms with Gasteiger partial charge in [-0.2, -0.15) is 0 Å². The second-order valence-electron chi connectivity index (χ2n) is 8.36. The predicted molar refractivity (Wildman–Crippen MR) is 106 cm³/mol. The summed E-state index contributed by atoms with van der Waals surface area (Å²) in [7, 11) is 0. The van der Waals surface area contributed by atoms with Gasteiger partial charge < -0.3 is 30.7 Å². The van der Waals surface area contributed by atoms with Gasteiger partial charge in [0.2, 0.25) is 17.7 Å². The third-order valence-electron chi connectivity index (χ3n) is 4.43. The van der Waals surface area contributed by atoms with Crippen LogP contribution in [0.2, 0.25) is 0 Å². The third-order valence-corrected chi connectivity index (χ3v) is 4.43. The molecule has 1 saturated heterocycles. The lowest BCUT2D eigenvalue weighted by Crippen LogP contribution is -2.56. The number of alkyl carbamates (subject to hydrolysis) is 1. The highest BCUT2D eigenvalue weighted by molar-refractivity contribution is 5.94. The number of likely N-dealkylation sites (tertiary alicyclic amines) is 1. The highest BCUT2D eigenvalue weighted by Crippen LogP contribution is 2.18. The normalized spacial score (nSPS) is 19.3. The molecule has 4 N–H and O–H groups in total. The first-order valence-corrected chi connectivity index (χ1v) is 9.86. The lowest BCUT2D eigenvalue weighted by Gasteiger charge is -2.26. The Morgan fingerprint density at radius 2 is 1.43 bits per heavy atom. The second-order valence-corrected chi connectivity index (χ2v) is 8.36. The smallest absolute Gasteiger partial charge is 0.408 e. The van der Waals surface area contributed by atoms with E-state index in [2.05, 4.69) is 16.0 Å². The number of rotatable bonds is 7. The first kappa shape index (κ1) is 25.2. The summed E-state index contributed by atoms with van der Waals surface area (Å²) >= 11 is 0. The summed E-state index contributed by atoms with van der Waals surface area (Å²) in [5.41, 5.74) is -0.717. The van der Waals surface area contributed by atoms with E-state index < -0.39 is 59.6 Å². The fourth-order valence-electron chi connectivity index (χ4n) is 2.89. The molecule has 170 valence electrons. The fraction of sp³-hybridized carbons (Fsp3) is 0.737. The molecule has 1 rings (SSSR count). The molecule has 0 radical (unpaired) electrons. The Labute approximate surface area is 175 Å². The summed E-state index contributed by atoms with van der Waals surface area (Å²) in [6.45, 7) is 9.71. The van der Waals surface area contributed by atoms with E-state index in [9.17, 15) is 29.1 Å². The number of carbonyl (C=O) groups excluding carboxylic acids is 4. The summed E-state index contributed by atoms with van der Waals surface area (Å²) in [6.07, 6.45) is 0.190. The fourth-order valence-corrected chi connectivity index (χ4v) is 2.89. The van der Waals surface area contributed by atoms with Crippen molar-refractivity contribution in [1.29, 1.82) is 0 Å². The molecule has 0 aliphatic carbocycles. The Morgan fingerprint density at radius 1 is 0.933 bits per heavy atom. The van der Waals surface area contributed by atoms with Gasteiger partial charge in [-0.15, -0.1) is 0 Å². The second kappa shape index (κ2) is 10.3. The van der Waals surface area contributed by atoms with Crippen molar-refractivity contribution in [2.24, 2.45) is 0 Å². The van der Waals surface area contributed by atoms with E-state index in [-0.39, 0.29) is 0 Å². The predicted octanol–water partition coefficient (Wildman–Crippen LogP) is -0.0154. The molecule has 0 bridgehead atoms. The van der Waals surface area contributed by atoms with E-state index in [4.69, 9.17) is 4.74 Å². The topological polar surface area (TPSA) is 154 Å². The minimum absolute atomic E-state index is 0.316. The number of hydrogen-bond acceptors (Lipinski definition) is 6. The maximum Gasteiger partial charge on any atom is 0.408 e. The zero-order valence-corrected chi connectivity index (χ0v) is 18.3. The van der Waals surface area contributed by atoms with E-state index in [1.165, 1.54) is 25.7 Å². The quantitative estimate of drug-likeness (QED) is 0.444. The van der Waals surface area contributed by atoms with Crippen LogP contribution in [-0.4, -0.2) is 76.1 Å². The molecule has 0 saturated carbocycles. The zero-order valence-electron chi connectivity index (χ0n) is 18.3. The van der Waals surface area contributed by atoms with Gasteiger partial charge in [0.05, 0.1) is 0 Å². The van der Waals surface area contributed by atoms with E-state index in [1.54, 1.807) is 20.8 Å². The Bertz CT molecular complexity index is 689. The van der Waals surface area contributed by atoms with Crippen molar-refractivity contribution in [3.8, 4) is 0 Å². The number of carbonyl (C=O) groups is 5. The van der Waals surface area contributed by atoms with Crippen LogP contribution in [0.25, 0.3) is 0 Å². The number of hydrogen-bond donors (Lipinski definition) is 4. The molecule has 1 aliphatic rings. The molecule has 0 unspecified atom stereocenters. The number of carboxylic acid groups (broad SMARTS) is 1. The van der Waals surface area contributed by atoms with Crippen LogP contribution in [0, 0.1) is 0 Å². The molecule has 1 fully saturated rings. The standard InChI is InChI=1S/C19H32N4O7/c1-10(20-15(25)11(2)22-18(29)30-19(4,5)6)14(24)21-12(3)16(26)23-9-7-8-13(23)17(27)28/h10-13H,7-9H2,1-6H3,(H,20,25)(H,21,24)(H,22,29)(H,27,28)/t10-,11+,12+,13+/m1/s1. The molecule has 30 heavy (non-hydrogen) atoms. The summed E-state index contributed by atoms with van der Waals surface area (Å²) < 4.78 is 5.07. The van der Waals surface area contributed by atoms with Crippen LogP contribution in [0.15, 0.2) is 0 Å². The van der Waals surface area contributed by atoms with Crippen molar-refractivity contribution in [1.82, 2.24) is 20.9 Å². The van der Waals surface area contributed by atoms with E-state index in [1.807, 2.05) is 0 Å². The number of nitrogens with zero attached hydrogens (tertiary/aromatic N) is 1. The maximum atomic E-state index is 12.5. The highest BCUT2D eigenvalue weighted by Gasteiger charge is 2.36. The van der Waals surface area contributed by atoms with Crippen LogP contribution < -0.4 is 16.0 Å². The summed E-state index contributed by atoms with van der Waals surface area (Å²) in [5, 5.41) is 16.5. The van der Waals surface area contributed by atoms with Crippen LogP contribution >= 0.6 is 0 Å². The molecule has 0 aromatic heterocycles. The average molecular weight is 428 g/mol. The molecule has 0 spiro atoms. The summed E-state index contributed by atoms with van der Waals surface area (Å²) in [6, 6.07) is -3.78. The number of ether oxygens (including phenoxy) is 1.